The maximum atomic E-state index is 10.9. The van der Waals surface area contributed by atoms with Crippen LogP contribution >= 0.6 is 11.3 Å². The van der Waals surface area contributed by atoms with Crippen molar-refractivity contribution >= 4 is 38.6 Å². The lowest BCUT2D eigenvalue weighted by molar-refractivity contribution is -0.384. The van der Waals surface area contributed by atoms with Gasteiger partial charge in [-0.2, -0.15) is 0 Å². The zero-order valence-corrected chi connectivity index (χ0v) is 13.9. The van der Waals surface area contributed by atoms with Crippen LogP contribution < -0.4 is 5.32 Å². The van der Waals surface area contributed by atoms with Crippen molar-refractivity contribution in [2.24, 2.45) is 0 Å². The zero-order chi connectivity index (χ0) is 17.2. The first-order valence-electron chi connectivity index (χ1n) is 7.66. The molecule has 0 aliphatic rings. The second-order valence-corrected chi connectivity index (χ2v) is 6.36. The van der Waals surface area contributed by atoms with E-state index in [0.717, 1.165) is 32.8 Å². The Morgan fingerprint density at radius 3 is 2.68 bits per heavy atom. The predicted octanol–water partition coefficient (Wildman–Crippen LogP) is 5.62. The average Bonchev–Trinajstić information content (AvgIpc) is 3.11. The third-order valence-corrected chi connectivity index (χ3v) is 4.65. The molecule has 1 heterocycles. The number of non-ortho nitro benzene ring substituents is 1. The molecular weight excluding hydrogens is 334 g/mol. The number of hydrogen-bond acceptors (Lipinski definition) is 5. The van der Waals surface area contributed by atoms with Crippen LogP contribution in [0, 0.1) is 10.1 Å². The molecule has 0 aliphatic heterocycles. The summed E-state index contributed by atoms with van der Waals surface area (Å²) in [6.07, 6.45) is 0. The lowest BCUT2D eigenvalue weighted by atomic mass is 10.1. The van der Waals surface area contributed by atoms with Crippen LogP contribution in [-0.2, 0) is 0 Å². The maximum absolute atomic E-state index is 10.9. The van der Waals surface area contributed by atoms with Gasteiger partial charge in [-0.05, 0) is 11.5 Å². The van der Waals surface area contributed by atoms with Crippen LogP contribution in [0.2, 0.25) is 0 Å². The smallest absolute Gasteiger partial charge is 0.270 e. The zero-order valence-electron chi connectivity index (χ0n) is 13.0. The molecule has 0 spiro atoms. The standard InChI is InChI=1S/C19H13N3O2S/c23-22(24)15-8-3-7-14(11-15)18-12-25-19(21-18)20-17-10-4-6-13-5-1-2-9-16(13)17/h1-12H,(H,20,21). The van der Waals surface area contributed by atoms with Gasteiger partial charge in [-0.25, -0.2) is 4.98 Å². The van der Waals surface area contributed by atoms with Gasteiger partial charge in [0.15, 0.2) is 5.13 Å². The highest BCUT2D eigenvalue weighted by atomic mass is 32.1. The van der Waals surface area contributed by atoms with Crippen molar-refractivity contribution in [3.05, 3.63) is 82.2 Å². The number of hydrogen-bond donors (Lipinski definition) is 1. The molecule has 1 aromatic heterocycles. The molecule has 4 rings (SSSR count). The van der Waals surface area contributed by atoms with E-state index in [1.807, 2.05) is 35.7 Å². The summed E-state index contributed by atoms with van der Waals surface area (Å²) in [6.45, 7) is 0. The lowest BCUT2D eigenvalue weighted by Gasteiger charge is -2.06. The van der Waals surface area contributed by atoms with E-state index in [2.05, 4.69) is 28.5 Å². The van der Waals surface area contributed by atoms with Gasteiger partial charge in [0.05, 0.1) is 10.6 Å². The molecule has 0 atom stereocenters. The molecule has 1 N–H and O–H groups in total. The first-order chi connectivity index (χ1) is 12.2. The molecule has 5 nitrogen and oxygen atoms in total. The number of nitro groups is 1. The molecule has 0 amide bonds. The highest BCUT2D eigenvalue weighted by Gasteiger charge is 2.10. The fourth-order valence-corrected chi connectivity index (χ4v) is 3.42. The highest BCUT2D eigenvalue weighted by Crippen LogP contribution is 2.31. The summed E-state index contributed by atoms with van der Waals surface area (Å²) in [5.74, 6) is 0. The van der Waals surface area contributed by atoms with Crippen LogP contribution in [0.25, 0.3) is 22.0 Å². The SMILES string of the molecule is O=[N+]([O-])c1cccc(-c2csc(Nc3cccc4ccccc34)n2)c1. The van der Waals surface area contributed by atoms with Gasteiger partial charge in [0.25, 0.3) is 5.69 Å². The molecule has 4 aromatic rings. The van der Waals surface area contributed by atoms with E-state index in [4.69, 9.17) is 0 Å². The molecule has 0 aliphatic carbocycles. The van der Waals surface area contributed by atoms with Gasteiger partial charge in [-0.1, -0.05) is 48.5 Å². The summed E-state index contributed by atoms with van der Waals surface area (Å²) in [4.78, 5) is 15.1. The normalized spacial score (nSPS) is 10.7. The first-order valence-corrected chi connectivity index (χ1v) is 8.54. The molecule has 0 unspecified atom stereocenters. The molecule has 3 aromatic carbocycles. The van der Waals surface area contributed by atoms with E-state index in [0.29, 0.717) is 0 Å². The van der Waals surface area contributed by atoms with Crippen LogP contribution in [0.5, 0.6) is 0 Å². The Morgan fingerprint density at radius 2 is 1.80 bits per heavy atom. The largest absolute Gasteiger partial charge is 0.331 e. The lowest BCUT2D eigenvalue weighted by Crippen LogP contribution is -1.91. The van der Waals surface area contributed by atoms with E-state index >= 15 is 0 Å². The average molecular weight is 347 g/mol. The van der Waals surface area contributed by atoms with Crippen LogP contribution in [0.3, 0.4) is 0 Å². The predicted molar refractivity (Wildman–Crippen MR) is 101 cm³/mol. The van der Waals surface area contributed by atoms with Gasteiger partial charge < -0.3 is 5.32 Å². The minimum atomic E-state index is -0.398. The van der Waals surface area contributed by atoms with Crippen molar-refractivity contribution < 1.29 is 4.92 Å². The Bertz CT molecular complexity index is 1070. The third kappa shape index (κ3) is 3.07. The van der Waals surface area contributed by atoms with Gasteiger partial charge in [0.2, 0.25) is 0 Å². The number of aromatic nitrogens is 1. The van der Waals surface area contributed by atoms with Gasteiger partial charge in [0, 0.05) is 34.1 Å². The Kier molecular flexibility index (Phi) is 3.87. The molecule has 0 fully saturated rings. The van der Waals surface area contributed by atoms with Crippen molar-refractivity contribution in [1.29, 1.82) is 0 Å². The van der Waals surface area contributed by atoms with E-state index < -0.39 is 4.92 Å². The maximum Gasteiger partial charge on any atom is 0.270 e. The summed E-state index contributed by atoms with van der Waals surface area (Å²) in [7, 11) is 0. The summed E-state index contributed by atoms with van der Waals surface area (Å²) in [6, 6.07) is 20.7. The van der Waals surface area contributed by atoms with Gasteiger partial charge >= 0.3 is 0 Å². The Labute approximate surface area is 147 Å². The minimum absolute atomic E-state index is 0.0639. The summed E-state index contributed by atoms with van der Waals surface area (Å²) < 4.78 is 0. The van der Waals surface area contributed by atoms with Crippen molar-refractivity contribution in [2.75, 3.05) is 5.32 Å². The number of nitrogens with one attached hydrogen (secondary N) is 1. The van der Waals surface area contributed by atoms with Crippen LogP contribution in [0.15, 0.2) is 72.1 Å². The van der Waals surface area contributed by atoms with Gasteiger partial charge in [0.1, 0.15) is 0 Å². The number of thiazole rings is 1. The molecule has 25 heavy (non-hydrogen) atoms. The summed E-state index contributed by atoms with van der Waals surface area (Å²) in [5, 5.41) is 19.2. The molecular formula is C19H13N3O2S. The van der Waals surface area contributed by atoms with E-state index in [1.165, 1.54) is 23.5 Å². The van der Waals surface area contributed by atoms with E-state index in [-0.39, 0.29) is 5.69 Å². The number of benzene rings is 3. The Hall–Kier alpha value is -3.25. The fourth-order valence-electron chi connectivity index (χ4n) is 2.69. The molecule has 0 saturated carbocycles. The van der Waals surface area contributed by atoms with Crippen LogP contribution in [0.1, 0.15) is 0 Å². The summed E-state index contributed by atoms with van der Waals surface area (Å²) in [5.41, 5.74) is 2.50. The molecule has 0 saturated heterocycles. The highest BCUT2D eigenvalue weighted by molar-refractivity contribution is 7.14. The van der Waals surface area contributed by atoms with Gasteiger partial charge in [-0.3, -0.25) is 10.1 Å². The Balaban J connectivity index is 1.65. The number of fused-ring (bicyclic) bond motifs is 1. The number of nitrogens with zero attached hydrogens (tertiary/aromatic N) is 2. The molecule has 0 bridgehead atoms. The third-order valence-electron chi connectivity index (χ3n) is 3.89. The minimum Gasteiger partial charge on any atom is -0.331 e. The van der Waals surface area contributed by atoms with Crippen LogP contribution in [0.4, 0.5) is 16.5 Å². The second-order valence-electron chi connectivity index (χ2n) is 5.50. The van der Waals surface area contributed by atoms with Crippen molar-refractivity contribution in [3.63, 3.8) is 0 Å². The Morgan fingerprint density at radius 1 is 1.00 bits per heavy atom. The fraction of sp³-hybridized carbons (Fsp3) is 0. The second kappa shape index (κ2) is 6.33. The van der Waals surface area contributed by atoms with Gasteiger partial charge in [-0.15, -0.1) is 11.3 Å². The summed E-state index contributed by atoms with van der Waals surface area (Å²) >= 11 is 1.47. The van der Waals surface area contributed by atoms with Crippen molar-refractivity contribution in [2.45, 2.75) is 0 Å². The van der Waals surface area contributed by atoms with E-state index in [9.17, 15) is 10.1 Å². The number of rotatable bonds is 4. The monoisotopic (exact) mass is 347 g/mol. The topological polar surface area (TPSA) is 68.1 Å². The quantitative estimate of drug-likeness (QED) is 0.384. The first kappa shape index (κ1) is 15.3. The molecule has 6 heteroatoms. The van der Waals surface area contributed by atoms with Crippen LogP contribution in [-0.4, -0.2) is 9.91 Å². The molecule has 0 radical (unpaired) electrons. The van der Waals surface area contributed by atoms with E-state index in [1.54, 1.807) is 6.07 Å². The molecule has 122 valence electrons. The van der Waals surface area contributed by atoms with Crippen molar-refractivity contribution in [1.82, 2.24) is 4.98 Å². The van der Waals surface area contributed by atoms with Crippen molar-refractivity contribution in [3.8, 4) is 11.3 Å². The number of anilines is 2. The number of nitro benzene ring substituents is 1.